The van der Waals surface area contributed by atoms with Gasteiger partial charge in [0, 0.05) is 6.54 Å². The fourth-order valence-corrected chi connectivity index (χ4v) is 2.71. The van der Waals surface area contributed by atoms with Gasteiger partial charge in [-0.05, 0) is 29.1 Å². The van der Waals surface area contributed by atoms with Crippen LogP contribution in [0.3, 0.4) is 0 Å². The van der Waals surface area contributed by atoms with E-state index in [-0.39, 0.29) is 12.5 Å². The van der Waals surface area contributed by atoms with Crippen LogP contribution in [0, 0.1) is 0 Å². The highest BCUT2D eigenvalue weighted by atomic mass is 32.1. The summed E-state index contributed by atoms with van der Waals surface area (Å²) in [5, 5.41) is 14.7. The Morgan fingerprint density at radius 2 is 2.10 bits per heavy atom. The van der Waals surface area contributed by atoms with Crippen molar-refractivity contribution in [2.75, 3.05) is 19.8 Å². The maximum atomic E-state index is 11.8. The van der Waals surface area contributed by atoms with Gasteiger partial charge in [-0.25, -0.2) is 0 Å². The molecule has 0 fully saturated rings. The first-order chi connectivity index (χ1) is 10.2. The molecule has 21 heavy (non-hydrogen) atoms. The standard InChI is InChI=1S/C15H15NO4S/c17-11(9-16-15(18)14-2-1-7-21-14)10-3-4-12-13(8-10)20-6-5-19-12/h1-4,7-8,11,17H,5-6,9H2,(H,16,18)/t11-/m0/s1. The highest BCUT2D eigenvalue weighted by Crippen LogP contribution is 2.32. The molecule has 3 rings (SSSR count). The molecule has 0 aliphatic carbocycles. The largest absolute Gasteiger partial charge is 0.486 e. The quantitative estimate of drug-likeness (QED) is 0.906. The van der Waals surface area contributed by atoms with Gasteiger partial charge in [0.2, 0.25) is 0 Å². The van der Waals surface area contributed by atoms with Crippen LogP contribution >= 0.6 is 11.3 Å². The Labute approximate surface area is 126 Å². The number of benzene rings is 1. The van der Waals surface area contributed by atoms with E-state index in [2.05, 4.69) is 5.32 Å². The maximum Gasteiger partial charge on any atom is 0.261 e. The number of carbonyl (C=O) groups excluding carboxylic acids is 1. The minimum atomic E-state index is -0.787. The number of hydrogen-bond donors (Lipinski definition) is 2. The number of thiophene rings is 1. The molecular weight excluding hydrogens is 290 g/mol. The molecule has 1 aliphatic heterocycles. The van der Waals surface area contributed by atoms with Gasteiger partial charge in [0.05, 0.1) is 11.0 Å². The number of carbonyl (C=O) groups is 1. The van der Waals surface area contributed by atoms with E-state index in [1.54, 1.807) is 24.3 Å². The van der Waals surface area contributed by atoms with Crippen LogP contribution in [0.15, 0.2) is 35.7 Å². The molecule has 1 aliphatic rings. The number of ether oxygens (including phenoxy) is 2. The van der Waals surface area contributed by atoms with Gasteiger partial charge in [-0.3, -0.25) is 4.79 Å². The van der Waals surface area contributed by atoms with E-state index in [9.17, 15) is 9.90 Å². The summed E-state index contributed by atoms with van der Waals surface area (Å²) in [5.74, 6) is 1.13. The fourth-order valence-electron chi connectivity index (χ4n) is 2.07. The summed E-state index contributed by atoms with van der Waals surface area (Å²) < 4.78 is 10.9. The van der Waals surface area contributed by atoms with E-state index in [1.165, 1.54) is 11.3 Å². The number of hydrogen-bond acceptors (Lipinski definition) is 5. The molecule has 0 saturated carbocycles. The molecule has 0 saturated heterocycles. The van der Waals surface area contributed by atoms with Crippen molar-refractivity contribution in [2.24, 2.45) is 0 Å². The number of amides is 1. The normalized spacial score (nSPS) is 14.5. The average molecular weight is 305 g/mol. The van der Waals surface area contributed by atoms with Crippen molar-refractivity contribution in [1.82, 2.24) is 5.32 Å². The first kappa shape index (κ1) is 13.9. The Kier molecular flexibility index (Phi) is 4.08. The number of aliphatic hydroxyl groups is 1. The van der Waals surface area contributed by atoms with Crippen LogP contribution in [-0.2, 0) is 0 Å². The van der Waals surface area contributed by atoms with Crippen molar-refractivity contribution in [2.45, 2.75) is 6.10 Å². The lowest BCUT2D eigenvalue weighted by Crippen LogP contribution is -2.27. The van der Waals surface area contributed by atoms with Crippen LogP contribution in [-0.4, -0.2) is 30.8 Å². The minimum Gasteiger partial charge on any atom is -0.486 e. The van der Waals surface area contributed by atoms with E-state index in [4.69, 9.17) is 9.47 Å². The summed E-state index contributed by atoms with van der Waals surface area (Å²) in [4.78, 5) is 12.4. The van der Waals surface area contributed by atoms with E-state index in [1.807, 2.05) is 11.4 Å². The first-order valence-corrected chi connectivity index (χ1v) is 7.51. The van der Waals surface area contributed by atoms with Crippen molar-refractivity contribution in [1.29, 1.82) is 0 Å². The lowest BCUT2D eigenvalue weighted by atomic mass is 10.1. The maximum absolute atomic E-state index is 11.8. The van der Waals surface area contributed by atoms with Gasteiger partial charge in [0.25, 0.3) is 5.91 Å². The second kappa shape index (κ2) is 6.15. The lowest BCUT2D eigenvalue weighted by Gasteiger charge is -2.20. The summed E-state index contributed by atoms with van der Waals surface area (Å²) in [6.07, 6.45) is -0.787. The number of fused-ring (bicyclic) bond motifs is 1. The van der Waals surface area contributed by atoms with Crippen molar-refractivity contribution < 1.29 is 19.4 Å². The van der Waals surface area contributed by atoms with Gasteiger partial charge in [-0.2, -0.15) is 0 Å². The Morgan fingerprint density at radius 3 is 2.86 bits per heavy atom. The predicted molar refractivity (Wildman–Crippen MR) is 79.0 cm³/mol. The van der Waals surface area contributed by atoms with Gasteiger partial charge < -0.3 is 19.9 Å². The average Bonchev–Trinajstić information content (AvgIpc) is 3.06. The third-order valence-corrected chi connectivity index (χ3v) is 4.02. The van der Waals surface area contributed by atoms with E-state index in [0.29, 0.717) is 35.2 Å². The zero-order chi connectivity index (χ0) is 14.7. The molecule has 2 aromatic rings. The van der Waals surface area contributed by atoms with Gasteiger partial charge in [0.15, 0.2) is 11.5 Å². The van der Waals surface area contributed by atoms with Gasteiger partial charge in [0.1, 0.15) is 13.2 Å². The Hall–Kier alpha value is -2.05. The molecule has 6 heteroatoms. The Morgan fingerprint density at radius 1 is 1.29 bits per heavy atom. The van der Waals surface area contributed by atoms with Gasteiger partial charge in [-0.1, -0.05) is 12.1 Å². The zero-order valence-electron chi connectivity index (χ0n) is 11.2. The molecule has 1 aromatic heterocycles. The molecule has 2 heterocycles. The second-order valence-electron chi connectivity index (χ2n) is 4.61. The molecule has 110 valence electrons. The highest BCUT2D eigenvalue weighted by molar-refractivity contribution is 7.12. The minimum absolute atomic E-state index is 0.149. The summed E-state index contributed by atoms with van der Waals surface area (Å²) in [6.45, 7) is 1.18. The van der Waals surface area contributed by atoms with Crippen LogP contribution in [0.5, 0.6) is 11.5 Å². The van der Waals surface area contributed by atoms with Crippen LogP contribution in [0.25, 0.3) is 0 Å². The highest BCUT2D eigenvalue weighted by Gasteiger charge is 2.16. The Balaban J connectivity index is 1.62. The first-order valence-electron chi connectivity index (χ1n) is 6.63. The monoisotopic (exact) mass is 305 g/mol. The fraction of sp³-hybridized carbons (Fsp3) is 0.267. The van der Waals surface area contributed by atoms with E-state index < -0.39 is 6.10 Å². The van der Waals surface area contributed by atoms with Crippen molar-refractivity contribution >= 4 is 17.2 Å². The smallest absolute Gasteiger partial charge is 0.261 e. The lowest BCUT2D eigenvalue weighted by molar-refractivity contribution is 0.0920. The predicted octanol–water partition coefficient (Wildman–Crippen LogP) is 1.98. The molecule has 1 amide bonds. The van der Waals surface area contributed by atoms with Crippen LogP contribution in [0.4, 0.5) is 0 Å². The molecule has 0 spiro atoms. The third kappa shape index (κ3) is 3.17. The number of nitrogens with one attached hydrogen (secondary N) is 1. The van der Waals surface area contributed by atoms with Crippen LogP contribution in [0.1, 0.15) is 21.3 Å². The van der Waals surface area contributed by atoms with Crippen molar-refractivity contribution in [3.05, 3.63) is 46.2 Å². The molecule has 5 nitrogen and oxygen atoms in total. The third-order valence-electron chi connectivity index (χ3n) is 3.15. The summed E-state index contributed by atoms with van der Waals surface area (Å²) in [6, 6.07) is 8.85. The van der Waals surface area contributed by atoms with E-state index in [0.717, 1.165) is 0 Å². The molecule has 0 bridgehead atoms. The van der Waals surface area contributed by atoms with Crippen molar-refractivity contribution in [3.63, 3.8) is 0 Å². The van der Waals surface area contributed by atoms with Gasteiger partial charge in [-0.15, -0.1) is 11.3 Å². The summed E-state index contributed by atoms with van der Waals surface area (Å²) in [7, 11) is 0. The van der Waals surface area contributed by atoms with Crippen LogP contribution in [0.2, 0.25) is 0 Å². The number of rotatable bonds is 4. The zero-order valence-corrected chi connectivity index (χ0v) is 12.1. The molecule has 1 aromatic carbocycles. The summed E-state index contributed by atoms with van der Waals surface area (Å²) >= 11 is 1.37. The SMILES string of the molecule is O=C(NC[C@H](O)c1ccc2c(c1)OCCO2)c1cccs1. The second-order valence-corrected chi connectivity index (χ2v) is 5.55. The molecule has 2 N–H and O–H groups in total. The van der Waals surface area contributed by atoms with E-state index >= 15 is 0 Å². The topological polar surface area (TPSA) is 67.8 Å². The molecule has 0 unspecified atom stereocenters. The van der Waals surface area contributed by atoms with Gasteiger partial charge >= 0.3 is 0 Å². The van der Waals surface area contributed by atoms with Crippen LogP contribution < -0.4 is 14.8 Å². The molecule has 1 atom stereocenters. The molecule has 0 radical (unpaired) electrons. The number of aliphatic hydroxyl groups excluding tert-OH is 1. The molecular formula is C15H15NO4S. The Bertz CT molecular complexity index is 627. The summed E-state index contributed by atoms with van der Waals surface area (Å²) in [5.41, 5.74) is 0.686. The van der Waals surface area contributed by atoms with Crippen molar-refractivity contribution in [3.8, 4) is 11.5 Å².